The second kappa shape index (κ2) is 8.45. The van der Waals surface area contributed by atoms with Crippen molar-refractivity contribution >= 4 is 28.0 Å². The number of hydrogen-bond donors (Lipinski definition) is 1. The average Bonchev–Trinajstić information content (AvgIpc) is 3.19. The number of nitrogens with one attached hydrogen (secondary N) is 1. The summed E-state index contributed by atoms with van der Waals surface area (Å²) < 4.78 is 46.4. The van der Waals surface area contributed by atoms with Gasteiger partial charge in [0.2, 0.25) is 5.82 Å². The monoisotopic (exact) mass is 439 g/mol. The summed E-state index contributed by atoms with van der Waals surface area (Å²) >= 11 is 0. The molecule has 1 atom stereocenters. The Bertz CT molecular complexity index is 1260. The van der Waals surface area contributed by atoms with Gasteiger partial charge in [-0.3, -0.25) is 4.98 Å². The van der Waals surface area contributed by atoms with Gasteiger partial charge in [-0.2, -0.15) is 9.37 Å². The highest BCUT2D eigenvalue weighted by Crippen LogP contribution is 2.40. The van der Waals surface area contributed by atoms with Crippen LogP contribution < -0.4 is 5.32 Å². The molecule has 4 nitrogen and oxygen atoms in total. The molecular formula is C25H24F3N3O. The summed E-state index contributed by atoms with van der Waals surface area (Å²) in [5.74, 6) is -1.26. The maximum Gasteiger partial charge on any atom is 0.296 e. The maximum absolute atomic E-state index is 13.9. The minimum atomic E-state index is -1.02. The fraction of sp³-hybridized carbons (Fsp3) is 0.360. The summed E-state index contributed by atoms with van der Waals surface area (Å²) in [5.41, 5.74) is 2.14. The van der Waals surface area contributed by atoms with Gasteiger partial charge >= 0.3 is 0 Å². The van der Waals surface area contributed by atoms with Gasteiger partial charge in [0.1, 0.15) is 11.3 Å². The molecule has 7 heteroatoms. The van der Waals surface area contributed by atoms with Gasteiger partial charge in [0, 0.05) is 17.6 Å². The first-order valence-corrected chi connectivity index (χ1v) is 11.0. The summed E-state index contributed by atoms with van der Waals surface area (Å²) in [7, 11) is 0. The van der Waals surface area contributed by atoms with E-state index in [2.05, 4.69) is 15.3 Å². The maximum atomic E-state index is 13.9. The predicted octanol–water partition coefficient (Wildman–Crippen LogP) is 6.96. The molecule has 1 N–H and O–H groups in total. The number of nitrogens with zero attached hydrogens (tertiary/aromatic N) is 2. The Morgan fingerprint density at radius 3 is 2.62 bits per heavy atom. The average molecular weight is 439 g/mol. The molecule has 32 heavy (non-hydrogen) atoms. The number of fused-ring (bicyclic) bond motifs is 2. The fourth-order valence-electron chi connectivity index (χ4n) is 4.97. The van der Waals surface area contributed by atoms with Gasteiger partial charge in [-0.25, -0.2) is 8.78 Å². The van der Waals surface area contributed by atoms with Crippen LogP contribution in [0.4, 0.5) is 19.2 Å². The number of rotatable bonds is 5. The molecule has 1 aliphatic rings. The minimum absolute atomic E-state index is 0.0772. The van der Waals surface area contributed by atoms with E-state index in [1.54, 1.807) is 12.1 Å². The zero-order valence-electron chi connectivity index (χ0n) is 17.7. The molecule has 0 saturated heterocycles. The largest absolute Gasteiger partial charge is 0.420 e. The van der Waals surface area contributed by atoms with Gasteiger partial charge in [-0.15, -0.1) is 0 Å². The van der Waals surface area contributed by atoms with Crippen molar-refractivity contribution in [3.63, 3.8) is 0 Å². The first-order valence-electron chi connectivity index (χ1n) is 11.0. The van der Waals surface area contributed by atoms with E-state index in [1.165, 1.54) is 17.7 Å². The molecule has 0 radical (unpaired) electrons. The van der Waals surface area contributed by atoms with Gasteiger partial charge in [-0.05, 0) is 92.8 Å². The van der Waals surface area contributed by atoms with Crippen molar-refractivity contribution < 1.29 is 17.6 Å². The quantitative estimate of drug-likeness (QED) is 0.365. The Morgan fingerprint density at radius 1 is 1.03 bits per heavy atom. The second-order valence-electron chi connectivity index (χ2n) is 8.79. The van der Waals surface area contributed by atoms with Gasteiger partial charge in [0.25, 0.3) is 6.01 Å². The molecule has 166 valence electrons. The molecule has 4 aromatic rings. The standard InChI is InChI=1S/C25H24F3N3O/c1-14(30-25-31-22-9-7-20(27)23(28)24(22)32-25)12-15-2-4-16(5-3-15)18-10-11-29-21-8-6-17(26)13-19(18)21/h6-11,13-16H,2-5,12H2,1H3,(H,30,31)/t14-,15?,16?/m1/s1. The zero-order chi connectivity index (χ0) is 22.2. The number of benzene rings is 2. The second-order valence-corrected chi connectivity index (χ2v) is 8.79. The summed E-state index contributed by atoms with van der Waals surface area (Å²) in [6.07, 6.45) is 6.96. The molecule has 5 rings (SSSR count). The summed E-state index contributed by atoms with van der Waals surface area (Å²) in [4.78, 5) is 8.58. The van der Waals surface area contributed by atoms with E-state index in [9.17, 15) is 13.2 Å². The molecule has 2 aromatic heterocycles. The highest BCUT2D eigenvalue weighted by Gasteiger charge is 2.25. The first kappa shape index (κ1) is 20.8. The third kappa shape index (κ3) is 4.04. The molecule has 2 heterocycles. The minimum Gasteiger partial charge on any atom is -0.420 e. The van der Waals surface area contributed by atoms with Crippen LogP contribution in [0.1, 0.15) is 50.5 Å². The van der Waals surface area contributed by atoms with Crippen molar-refractivity contribution in [3.8, 4) is 0 Å². The van der Waals surface area contributed by atoms with Crippen molar-refractivity contribution in [1.82, 2.24) is 9.97 Å². The highest BCUT2D eigenvalue weighted by molar-refractivity contribution is 5.82. The van der Waals surface area contributed by atoms with Gasteiger partial charge < -0.3 is 9.73 Å². The van der Waals surface area contributed by atoms with Crippen molar-refractivity contribution in [2.75, 3.05) is 5.32 Å². The van der Waals surface area contributed by atoms with E-state index < -0.39 is 11.6 Å². The Labute approximate surface area is 183 Å². The topological polar surface area (TPSA) is 51.0 Å². The summed E-state index contributed by atoms with van der Waals surface area (Å²) in [5, 5.41) is 4.09. The lowest BCUT2D eigenvalue weighted by Gasteiger charge is -2.31. The number of halogens is 3. The molecule has 0 amide bonds. The first-order chi connectivity index (χ1) is 15.5. The van der Waals surface area contributed by atoms with Crippen molar-refractivity contribution in [1.29, 1.82) is 0 Å². The highest BCUT2D eigenvalue weighted by atomic mass is 19.2. The van der Waals surface area contributed by atoms with E-state index in [1.807, 2.05) is 19.2 Å². The molecule has 0 bridgehead atoms. The molecular weight excluding hydrogens is 415 g/mol. The molecule has 1 saturated carbocycles. The van der Waals surface area contributed by atoms with Crippen LogP contribution in [0.15, 0.2) is 47.0 Å². The molecule has 0 spiro atoms. The molecule has 0 unspecified atom stereocenters. The fourth-order valence-corrected chi connectivity index (χ4v) is 4.97. The van der Waals surface area contributed by atoms with Crippen LogP contribution in [-0.4, -0.2) is 16.0 Å². The Balaban J connectivity index is 1.21. The Hall–Kier alpha value is -3.09. The van der Waals surface area contributed by atoms with Crippen LogP contribution in [0.25, 0.3) is 22.0 Å². The normalized spacial score (nSPS) is 20.0. The number of aromatic nitrogens is 2. The molecule has 0 aliphatic heterocycles. The van der Waals surface area contributed by atoms with Crippen LogP contribution in [0.3, 0.4) is 0 Å². The lowest BCUT2D eigenvalue weighted by molar-refractivity contribution is 0.301. The number of hydrogen-bond acceptors (Lipinski definition) is 4. The Morgan fingerprint density at radius 2 is 1.81 bits per heavy atom. The van der Waals surface area contributed by atoms with E-state index in [4.69, 9.17) is 4.42 Å². The van der Waals surface area contributed by atoms with Crippen LogP contribution in [-0.2, 0) is 0 Å². The van der Waals surface area contributed by atoms with Gasteiger partial charge in [-0.1, -0.05) is 0 Å². The summed E-state index contributed by atoms with van der Waals surface area (Å²) in [6.45, 7) is 2.04. The number of oxazole rings is 1. The molecule has 2 aromatic carbocycles. The lowest BCUT2D eigenvalue weighted by atomic mass is 9.76. The Kier molecular flexibility index (Phi) is 5.49. The predicted molar refractivity (Wildman–Crippen MR) is 118 cm³/mol. The van der Waals surface area contributed by atoms with Crippen molar-refractivity contribution in [3.05, 3.63) is 65.6 Å². The smallest absolute Gasteiger partial charge is 0.296 e. The van der Waals surface area contributed by atoms with E-state index in [-0.39, 0.29) is 23.5 Å². The van der Waals surface area contributed by atoms with Crippen LogP contribution in [0, 0.1) is 23.4 Å². The van der Waals surface area contributed by atoms with Crippen LogP contribution in [0.2, 0.25) is 0 Å². The lowest BCUT2D eigenvalue weighted by Crippen LogP contribution is -2.23. The van der Waals surface area contributed by atoms with Crippen molar-refractivity contribution in [2.24, 2.45) is 5.92 Å². The van der Waals surface area contributed by atoms with Crippen LogP contribution >= 0.6 is 0 Å². The third-order valence-electron chi connectivity index (χ3n) is 6.53. The zero-order valence-corrected chi connectivity index (χ0v) is 17.7. The van der Waals surface area contributed by atoms with Gasteiger partial charge in [0.15, 0.2) is 11.4 Å². The summed E-state index contributed by atoms with van der Waals surface area (Å²) in [6, 6.07) is 9.53. The number of pyridine rings is 1. The van der Waals surface area contributed by atoms with Crippen molar-refractivity contribution in [2.45, 2.75) is 51.0 Å². The van der Waals surface area contributed by atoms with Crippen LogP contribution in [0.5, 0.6) is 0 Å². The molecule has 1 fully saturated rings. The van der Waals surface area contributed by atoms with E-state index in [0.717, 1.165) is 49.1 Å². The van der Waals surface area contributed by atoms with Gasteiger partial charge in [0.05, 0.1) is 5.52 Å². The molecule has 1 aliphatic carbocycles. The van der Waals surface area contributed by atoms with E-state index >= 15 is 0 Å². The number of anilines is 1. The van der Waals surface area contributed by atoms with E-state index in [0.29, 0.717) is 17.4 Å². The SMILES string of the molecule is C[C@H](CC1CCC(c2ccnc3ccc(F)cc23)CC1)Nc1nc2ccc(F)c(F)c2o1. The third-order valence-corrected chi connectivity index (χ3v) is 6.53.